The molecule has 0 N–H and O–H groups in total. The van der Waals surface area contributed by atoms with Gasteiger partial charge in [-0.3, -0.25) is 0 Å². The highest BCUT2D eigenvalue weighted by Gasteiger charge is 2.36. The molecule has 1 nitrogen and oxygen atoms in total. The average Bonchev–Trinajstić information content (AvgIpc) is 2.15. The topological polar surface area (TPSA) is 3.24 Å². The summed E-state index contributed by atoms with van der Waals surface area (Å²) in [7, 11) is 2.01. The minimum atomic E-state index is -4.19. The van der Waals surface area contributed by atoms with Crippen molar-refractivity contribution < 1.29 is 13.2 Å². The van der Waals surface area contributed by atoms with Gasteiger partial charge in [0.1, 0.15) is 0 Å². The highest BCUT2D eigenvalue weighted by molar-refractivity contribution is 5.30. The molecule has 0 saturated carbocycles. The molecule has 1 unspecified atom stereocenters. The number of fused-ring (bicyclic) bond motifs is 1. The largest absolute Gasteiger partial charge is 0.416 e. The molecule has 4 heteroatoms. The van der Waals surface area contributed by atoms with Crippen molar-refractivity contribution in [1.82, 2.24) is 4.90 Å². The molecule has 84 valence electrons. The van der Waals surface area contributed by atoms with Crippen LogP contribution in [-0.2, 0) is 0 Å². The fraction of sp³-hybridized carbons (Fsp3) is 0.636. The molecule has 0 aromatic carbocycles. The second-order valence-electron chi connectivity index (χ2n) is 4.36. The summed E-state index contributed by atoms with van der Waals surface area (Å²) in [5, 5.41) is 0. The zero-order chi connectivity index (χ0) is 11.1. The maximum atomic E-state index is 12.4. The summed E-state index contributed by atoms with van der Waals surface area (Å²) < 4.78 is 37.3. The van der Waals surface area contributed by atoms with Crippen molar-refractivity contribution in [2.75, 3.05) is 20.1 Å². The molecule has 1 heterocycles. The number of alkyl halides is 3. The van der Waals surface area contributed by atoms with E-state index in [0.29, 0.717) is 0 Å². The molecular weight excluding hydrogens is 203 g/mol. The molecule has 1 aliphatic carbocycles. The molecule has 15 heavy (non-hydrogen) atoms. The van der Waals surface area contributed by atoms with Gasteiger partial charge in [-0.1, -0.05) is 18.2 Å². The van der Waals surface area contributed by atoms with Crippen LogP contribution in [0.15, 0.2) is 23.8 Å². The number of halogens is 3. The maximum absolute atomic E-state index is 12.4. The first-order valence-corrected chi connectivity index (χ1v) is 5.12. The lowest BCUT2D eigenvalue weighted by atomic mass is 9.81. The molecule has 0 spiro atoms. The number of allylic oxidation sites excluding steroid dienone is 3. The van der Waals surface area contributed by atoms with Crippen molar-refractivity contribution in [2.24, 2.45) is 11.8 Å². The summed E-state index contributed by atoms with van der Waals surface area (Å²) in [6, 6.07) is 0. The maximum Gasteiger partial charge on any atom is 0.416 e. The Balaban J connectivity index is 2.14. The Morgan fingerprint density at radius 2 is 2.07 bits per heavy atom. The number of piperidine rings is 1. The molecule has 0 aromatic heterocycles. The van der Waals surface area contributed by atoms with Crippen molar-refractivity contribution in [2.45, 2.75) is 12.6 Å². The van der Waals surface area contributed by atoms with Crippen LogP contribution in [0.25, 0.3) is 0 Å². The van der Waals surface area contributed by atoms with E-state index in [0.717, 1.165) is 19.5 Å². The lowest BCUT2D eigenvalue weighted by Gasteiger charge is -2.36. The summed E-state index contributed by atoms with van der Waals surface area (Å²) in [4.78, 5) is 2.16. The quantitative estimate of drug-likeness (QED) is 0.603. The van der Waals surface area contributed by atoms with Gasteiger partial charge in [0.2, 0.25) is 0 Å². The van der Waals surface area contributed by atoms with E-state index in [4.69, 9.17) is 0 Å². The van der Waals surface area contributed by atoms with E-state index in [9.17, 15) is 13.2 Å². The van der Waals surface area contributed by atoms with Gasteiger partial charge >= 0.3 is 6.18 Å². The summed E-state index contributed by atoms with van der Waals surface area (Å²) in [5.41, 5.74) is -0.478. The second kappa shape index (κ2) is 3.67. The highest BCUT2D eigenvalue weighted by atomic mass is 19.4. The predicted molar refractivity (Wildman–Crippen MR) is 52.4 cm³/mol. The number of hydrogen-bond acceptors (Lipinski definition) is 1. The van der Waals surface area contributed by atoms with Gasteiger partial charge in [0.25, 0.3) is 0 Å². The third kappa shape index (κ3) is 2.25. The van der Waals surface area contributed by atoms with Crippen LogP contribution in [0.5, 0.6) is 0 Å². The zero-order valence-electron chi connectivity index (χ0n) is 8.59. The van der Waals surface area contributed by atoms with Gasteiger partial charge < -0.3 is 4.90 Å². The highest BCUT2D eigenvalue weighted by Crippen LogP contribution is 2.36. The smallest absolute Gasteiger partial charge is 0.306 e. The van der Waals surface area contributed by atoms with Gasteiger partial charge in [-0.05, 0) is 31.8 Å². The Kier molecular flexibility index (Phi) is 2.63. The molecule has 1 saturated heterocycles. The van der Waals surface area contributed by atoms with E-state index >= 15 is 0 Å². The van der Waals surface area contributed by atoms with Crippen molar-refractivity contribution in [3.63, 3.8) is 0 Å². The average molecular weight is 217 g/mol. The lowest BCUT2D eigenvalue weighted by molar-refractivity contribution is -0.0893. The van der Waals surface area contributed by atoms with Gasteiger partial charge in [-0.15, -0.1) is 0 Å². The fourth-order valence-corrected chi connectivity index (χ4v) is 2.28. The van der Waals surface area contributed by atoms with Crippen molar-refractivity contribution in [1.29, 1.82) is 0 Å². The van der Waals surface area contributed by atoms with Crippen molar-refractivity contribution >= 4 is 0 Å². The molecule has 0 amide bonds. The standard InChI is InChI=1S/C11H14F3N/c1-15-5-4-8-6-10(11(12,13)14)3-2-9(8)7-15/h2-3,6,8-9H,4-5,7H2,1H3/t8?,9-/m1/s1. The summed E-state index contributed by atoms with van der Waals surface area (Å²) >= 11 is 0. The monoisotopic (exact) mass is 217 g/mol. The Labute approximate surface area is 87.3 Å². The Morgan fingerprint density at radius 3 is 2.73 bits per heavy atom. The van der Waals surface area contributed by atoms with Crippen LogP contribution in [0.3, 0.4) is 0 Å². The summed E-state index contributed by atoms with van der Waals surface area (Å²) in [5.74, 6) is 0.331. The lowest BCUT2D eigenvalue weighted by Crippen LogP contribution is -2.38. The summed E-state index contributed by atoms with van der Waals surface area (Å²) in [6.07, 6.45) is 0.969. The Hall–Kier alpha value is -0.770. The summed E-state index contributed by atoms with van der Waals surface area (Å²) in [6.45, 7) is 1.75. The minimum absolute atomic E-state index is 0.0721. The molecule has 2 atom stereocenters. The molecule has 0 bridgehead atoms. The number of rotatable bonds is 0. The first kappa shape index (κ1) is 10.7. The van der Waals surface area contributed by atoms with Crippen LogP contribution in [0.2, 0.25) is 0 Å². The van der Waals surface area contributed by atoms with E-state index in [1.54, 1.807) is 6.08 Å². The molecule has 2 rings (SSSR count). The van der Waals surface area contributed by atoms with Crippen molar-refractivity contribution in [3.05, 3.63) is 23.8 Å². The second-order valence-corrected chi connectivity index (χ2v) is 4.36. The van der Waals surface area contributed by atoms with E-state index < -0.39 is 11.7 Å². The third-order valence-electron chi connectivity index (χ3n) is 3.16. The van der Waals surface area contributed by atoms with Gasteiger partial charge in [0.05, 0.1) is 5.57 Å². The molecule has 1 aliphatic heterocycles. The predicted octanol–water partition coefficient (Wildman–Crippen LogP) is 2.61. The Morgan fingerprint density at radius 1 is 1.33 bits per heavy atom. The SMILES string of the molecule is CN1CCC2C=C(C(F)(F)F)C=C[C@@H]2C1. The molecule has 0 aromatic rings. The third-order valence-corrected chi connectivity index (χ3v) is 3.16. The van der Waals surface area contributed by atoms with Crippen LogP contribution >= 0.6 is 0 Å². The number of likely N-dealkylation sites (tertiary alicyclic amines) is 1. The zero-order valence-corrected chi connectivity index (χ0v) is 8.59. The first-order valence-electron chi connectivity index (χ1n) is 5.12. The molecule has 0 radical (unpaired) electrons. The van der Waals surface area contributed by atoms with Crippen LogP contribution in [0.4, 0.5) is 13.2 Å². The molecule has 2 aliphatic rings. The van der Waals surface area contributed by atoms with Crippen molar-refractivity contribution in [3.8, 4) is 0 Å². The number of hydrogen-bond donors (Lipinski definition) is 0. The normalized spacial score (nSPS) is 32.4. The van der Waals surface area contributed by atoms with E-state index in [-0.39, 0.29) is 11.8 Å². The van der Waals surface area contributed by atoms with Gasteiger partial charge in [0, 0.05) is 6.54 Å². The van der Waals surface area contributed by atoms with Gasteiger partial charge in [-0.25, -0.2) is 0 Å². The minimum Gasteiger partial charge on any atom is -0.306 e. The van der Waals surface area contributed by atoms with Crippen LogP contribution in [-0.4, -0.2) is 31.2 Å². The van der Waals surface area contributed by atoms with E-state index in [2.05, 4.69) is 4.90 Å². The van der Waals surface area contributed by atoms with Gasteiger partial charge in [0.15, 0.2) is 0 Å². The van der Waals surface area contributed by atoms with E-state index in [1.165, 1.54) is 12.2 Å². The molecule has 1 fully saturated rings. The molecular formula is C11H14F3N. The van der Waals surface area contributed by atoms with Crippen LogP contribution < -0.4 is 0 Å². The van der Waals surface area contributed by atoms with Crippen LogP contribution in [0, 0.1) is 11.8 Å². The Bertz CT molecular complexity index is 303. The first-order chi connectivity index (χ1) is 6.97. The van der Waals surface area contributed by atoms with Crippen LogP contribution in [0.1, 0.15) is 6.42 Å². The van der Waals surface area contributed by atoms with E-state index in [1.807, 2.05) is 7.05 Å². The van der Waals surface area contributed by atoms with Gasteiger partial charge in [-0.2, -0.15) is 13.2 Å². The fourth-order valence-electron chi connectivity index (χ4n) is 2.28. The number of nitrogens with zero attached hydrogens (tertiary/aromatic N) is 1.